The fourth-order valence-corrected chi connectivity index (χ4v) is 0.870. The second-order valence-corrected chi connectivity index (χ2v) is 2.60. The molecule has 0 saturated carbocycles. The molecular formula is C9H11F2NO. The van der Waals surface area contributed by atoms with E-state index in [9.17, 15) is 8.78 Å². The van der Waals surface area contributed by atoms with Crippen LogP contribution in [0.25, 0.3) is 0 Å². The Balaban J connectivity index is 2.37. The summed E-state index contributed by atoms with van der Waals surface area (Å²) in [4.78, 5) is 0. The van der Waals surface area contributed by atoms with Crippen molar-refractivity contribution >= 4 is 5.69 Å². The van der Waals surface area contributed by atoms with Crippen LogP contribution in [0.2, 0.25) is 0 Å². The summed E-state index contributed by atoms with van der Waals surface area (Å²) in [6.07, 6.45) is -2.57. The summed E-state index contributed by atoms with van der Waals surface area (Å²) in [5.41, 5.74) is 6.03. The predicted molar refractivity (Wildman–Crippen MR) is 47.0 cm³/mol. The molecule has 0 amide bonds. The van der Waals surface area contributed by atoms with Gasteiger partial charge < -0.3 is 10.5 Å². The fraction of sp³-hybridized carbons (Fsp3) is 0.333. The molecule has 0 aromatic heterocycles. The molecule has 0 aliphatic heterocycles. The van der Waals surface area contributed by atoms with Gasteiger partial charge in [-0.3, -0.25) is 0 Å². The van der Waals surface area contributed by atoms with E-state index in [1.807, 2.05) is 0 Å². The van der Waals surface area contributed by atoms with Gasteiger partial charge in [0, 0.05) is 18.2 Å². The lowest BCUT2D eigenvalue weighted by molar-refractivity contribution is 0.114. The first-order chi connectivity index (χ1) is 6.18. The van der Waals surface area contributed by atoms with Crippen molar-refractivity contribution in [1.29, 1.82) is 0 Å². The Hall–Kier alpha value is -1.32. The van der Waals surface area contributed by atoms with E-state index in [-0.39, 0.29) is 13.0 Å². The maximum Gasteiger partial charge on any atom is 0.241 e. The molecule has 0 unspecified atom stereocenters. The number of rotatable bonds is 4. The Morgan fingerprint density at radius 1 is 1.38 bits per heavy atom. The molecule has 0 bridgehead atoms. The van der Waals surface area contributed by atoms with Crippen molar-refractivity contribution in [3.63, 3.8) is 0 Å². The molecule has 2 nitrogen and oxygen atoms in total. The normalized spacial score (nSPS) is 10.4. The van der Waals surface area contributed by atoms with Gasteiger partial charge in [0.15, 0.2) is 0 Å². The van der Waals surface area contributed by atoms with E-state index in [0.29, 0.717) is 11.4 Å². The number of hydrogen-bond donors (Lipinski definition) is 1. The average Bonchev–Trinajstić information content (AvgIpc) is 2.03. The van der Waals surface area contributed by atoms with Crippen molar-refractivity contribution in [3.05, 3.63) is 24.3 Å². The minimum absolute atomic E-state index is 0.0150. The van der Waals surface area contributed by atoms with E-state index in [2.05, 4.69) is 0 Å². The summed E-state index contributed by atoms with van der Waals surface area (Å²) >= 11 is 0. The monoisotopic (exact) mass is 187 g/mol. The van der Waals surface area contributed by atoms with Crippen molar-refractivity contribution in [2.24, 2.45) is 0 Å². The highest BCUT2D eigenvalue weighted by Gasteiger charge is 2.02. The zero-order valence-electron chi connectivity index (χ0n) is 7.04. The lowest BCUT2D eigenvalue weighted by atomic mass is 10.3. The number of halogens is 2. The molecule has 0 heterocycles. The van der Waals surface area contributed by atoms with Crippen LogP contribution in [0, 0.1) is 0 Å². The van der Waals surface area contributed by atoms with Gasteiger partial charge in [-0.2, -0.15) is 0 Å². The minimum atomic E-state index is -2.32. The third-order valence-corrected chi connectivity index (χ3v) is 1.46. The molecule has 0 fully saturated rings. The van der Waals surface area contributed by atoms with Crippen LogP contribution in [0.15, 0.2) is 24.3 Å². The maximum absolute atomic E-state index is 11.7. The molecule has 0 spiro atoms. The van der Waals surface area contributed by atoms with Gasteiger partial charge >= 0.3 is 0 Å². The molecule has 4 heteroatoms. The molecule has 0 aliphatic rings. The molecule has 1 aromatic carbocycles. The van der Waals surface area contributed by atoms with Gasteiger partial charge in [-0.05, 0) is 12.1 Å². The first-order valence-electron chi connectivity index (χ1n) is 3.95. The van der Waals surface area contributed by atoms with E-state index < -0.39 is 6.43 Å². The van der Waals surface area contributed by atoms with Gasteiger partial charge in [-0.25, -0.2) is 8.78 Å². The van der Waals surface area contributed by atoms with Crippen LogP contribution in [-0.4, -0.2) is 13.0 Å². The number of ether oxygens (including phenoxy) is 1. The Bertz CT molecular complexity index is 266. The Kier molecular flexibility index (Phi) is 3.49. The summed E-state index contributed by atoms with van der Waals surface area (Å²) in [5.74, 6) is 0.528. The quantitative estimate of drug-likeness (QED) is 0.734. The van der Waals surface area contributed by atoms with Crippen LogP contribution in [0.4, 0.5) is 14.5 Å². The van der Waals surface area contributed by atoms with Gasteiger partial charge in [-0.15, -0.1) is 0 Å². The highest BCUT2D eigenvalue weighted by Crippen LogP contribution is 2.14. The highest BCUT2D eigenvalue weighted by atomic mass is 19.3. The second kappa shape index (κ2) is 4.64. The van der Waals surface area contributed by atoms with Crippen molar-refractivity contribution in [2.45, 2.75) is 12.8 Å². The van der Waals surface area contributed by atoms with Crippen LogP contribution >= 0.6 is 0 Å². The van der Waals surface area contributed by atoms with Gasteiger partial charge in [0.05, 0.1) is 6.61 Å². The average molecular weight is 187 g/mol. The van der Waals surface area contributed by atoms with E-state index in [1.54, 1.807) is 24.3 Å². The third kappa shape index (κ3) is 3.73. The van der Waals surface area contributed by atoms with Crippen molar-refractivity contribution in [3.8, 4) is 5.75 Å². The van der Waals surface area contributed by atoms with Gasteiger partial charge in [0.1, 0.15) is 5.75 Å². The van der Waals surface area contributed by atoms with E-state index >= 15 is 0 Å². The summed E-state index contributed by atoms with van der Waals surface area (Å²) < 4.78 is 28.5. The molecule has 72 valence electrons. The number of nitrogens with two attached hydrogens (primary N) is 1. The summed E-state index contributed by atoms with van der Waals surface area (Å²) in [5, 5.41) is 0. The third-order valence-electron chi connectivity index (χ3n) is 1.46. The van der Waals surface area contributed by atoms with E-state index in [1.165, 1.54) is 0 Å². The van der Waals surface area contributed by atoms with Crippen LogP contribution in [0.3, 0.4) is 0 Å². The van der Waals surface area contributed by atoms with Gasteiger partial charge in [0.2, 0.25) is 6.43 Å². The predicted octanol–water partition coefficient (Wildman–Crippen LogP) is 2.30. The Morgan fingerprint density at radius 3 is 2.77 bits per heavy atom. The number of hydrogen-bond acceptors (Lipinski definition) is 2. The van der Waals surface area contributed by atoms with Gasteiger partial charge in [-0.1, -0.05) is 6.07 Å². The largest absolute Gasteiger partial charge is 0.493 e. The first-order valence-corrected chi connectivity index (χ1v) is 3.95. The van der Waals surface area contributed by atoms with E-state index in [4.69, 9.17) is 10.5 Å². The standard InChI is InChI=1S/C9H11F2NO/c10-9(11)4-5-13-8-3-1-2-7(12)6-8/h1-3,6,9H,4-5,12H2. The molecule has 2 N–H and O–H groups in total. The number of alkyl halides is 2. The smallest absolute Gasteiger partial charge is 0.241 e. The van der Waals surface area contributed by atoms with Crippen molar-refractivity contribution in [1.82, 2.24) is 0 Å². The van der Waals surface area contributed by atoms with Crippen LogP contribution in [0.5, 0.6) is 5.75 Å². The van der Waals surface area contributed by atoms with Gasteiger partial charge in [0.25, 0.3) is 0 Å². The number of anilines is 1. The maximum atomic E-state index is 11.7. The molecular weight excluding hydrogens is 176 g/mol. The molecule has 1 rings (SSSR count). The summed E-state index contributed by atoms with van der Waals surface area (Å²) in [6, 6.07) is 6.71. The molecule has 0 atom stereocenters. The Morgan fingerprint density at radius 2 is 2.15 bits per heavy atom. The fourth-order valence-electron chi connectivity index (χ4n) is 0.870. The molecule has 1 aromatic rings. The molecule has 0 aliphatic carbocycles. The van der Waals surface area contributed by atoms with E-state index in [0.717, 1.165) is 0 Å². The summed E-state index contributed by atoms with van der Waals surface area (Å²) in [6.45, 7) is 0.0150. The first kappa shape index (κ1) is 9.77. The second-order valence-electron chi connectivity index (χ2n) is 2.60. The Labute approximate surface area is 75.3 Å². The topological polar surface area (TPSA) is 35.2 Å². The SMILES string of the molecule is Nc1cccc(OCCC(F)F)c1. The van der Waals surface area contributed by atoms with Crippen molar-refractivity contribution in [2.75, 3.05) is 12.3 Å². The van der Waals surface area contributed by atoms with Crippen LogP contribution < -0.4 is 10.5 Å². The zero-order chi connectivity index (χ0) is 9.68. The lowest BCUT2D eigenvalue weighted by Gasteiger charge is -2.05. The lowest BCUT2D eigenvalue weighted by Crippen LogP contribution is -2.02. The summed E-state index contributed by atoms with van der Waals surface area (Å²) in [7, 11) is 0. The number of benzene rings is 1. The molecule has 0 saturated heterocycles. The molecule has 0 radical (unpaired) electrons. The molecule has 13 heavy (non-hydrogen) atoms. The van der Waals surface area contributed by atoms with Crippen molar-refractivity contribution < 1.29 is 13.5 Å². The number of nitrogen functional groups attached to an aromatic ring is 1. The zero-order valence-corrected chi connectivity index (χ0v) is 7.04. The van der Waals surface area contributed by atoms with Crippen LogP contribution in [0.1, 0.15) is 6.42 Å². The highest BCUT2D eigenvalue weighted by molar-refractivity contribution is 5.43. The minimum Gasteiger partial charge on any atom is -0.493 e. The van der Waals surface area contributed by atoms with Crippen LogP contribution in [-0.2, 0) is 0 Å².